The largest absolute Gasteiger partial charge is 0.508 e. The van der Waals surface area contributed by atoms with Crippen LogP contribution < -0.4 is 0 Å². The predicted octanol–water partition coefficient (Wildman–Crippen LogP) is 2.59. The van der Waals surface area contributed by atoms with Crippen LogP contribution in [0.2, 0.25) is 0 Å². The second-order valence-electron chi connectivity index (χ2n) is 3.37. The van der Waals surface area contributed by atoms with Crippen LogP contribution in [0.25, 0.3) is 0 Å². The molecule has 0 aliphatic heterocycles. The van der Waals surface area contributed by atoms with Gasteiger partial charge in [0.15, 0.2) is 0 Å². The fraction of sp³-hybridized carbons (Fsp3) is 0.0909. The third kappa shape index (κ3) is 1.96. The highest BCUT2D eigenvalue weighted by molar-refractivity contribution is 7.93. The molecule has 16 heavy (non-hydrogen) atoms. The van der Waals surface area contributed by atoms with E-state index in [0.29, 0.717) is 4.21 Å². The molecular formula is C11H10O3S2. The van der Waals surface area contributed by atoms with Crippen LogP contribution in [0, 0.1) is 6.92 Å². The first-order chi connectivity index (χ1) is 7.50. The van der Waals surface area contributed by atoms with Crippen LogP contribution >= 0.6 is 11.3 Å². The van der Waals surface area contributed by atoms with E-state index in [9.17, 15) is 13.5 Å². The van der Waals surface area contributed by atoms with Crippen molar-refractivity contribution in [2.24, 2.45) is 0 Å². The summed E-state index contributed by atoms with van der Waals surface area (Å²) in [5.41, 5.74) is 0. The van der Waals surface area contributed by atoms with Crippen molar-refractivity contribution in [1.82, 2.24) is 0 Å². The number of aromatic hydroxyl groups is 1. The molecule has 1 aromatic heterocycles. The van der Waals surface area contributed by atoms with Crippen LogP contribution in [0.5, 0.6) is 5.75 Å². The Labute approximate surface area is 97.9 Å². The Hall–Kier alpha value is -1.33. The number of phenols is 1. The van der Waals surface area contributed by atoms with Gasteiger partial charge in [0, 0.05) is 4.88 Å². The minimum absolute atomic E-state index is 0.0469. The quantitative estimate of drug-likeness (QED) is 0.896. The van der Waals surface area contributed by atoms with Crippen molar-refractivity contribution in [3.05, 3.63) is 41.3 Å². The molecule has 2 aromatic rings. The number of phenolic OH excluding ortho intramolecular Hbond substituents is 1. The Morgan fingerprint density at radius 1 is 1.19 bits per heavy atom. The summed E-state index contributed by atoms with van der Waals surface area (Å²) in [6, 6.07) is 9.04. The molecule has 0 bridgehead atoms. The van der Waals surface area contributed by atoms with Crippen molar-refractivity contribution in [3.8, 4) is 5.75 Å². The third-order valence-electron chi connectivity index (χ3n) is 2.11. The minimum Gasteiger partial charge on any atom is -0.508 e. The molecule has 1 aromatic carbocycles. The van der Waals surface area contributed by atoms with Crippen LogP contribution in [0.15, 0.2) is 45.5 Å². The zero-order chi connectivity index (χ0) is 11.8. The third-order valence-corrected chi connectivity index (χ3v) is 5.35. The maximum Gasteiger partial charge on any atom is 0.216 e. The zero-order valence-corrected chi connectivity index (χ0v) is 10.2. The maximum absolute atomic E-state index is 12.1. The van der Waals surface area contributed by atoms with Gasteiger partial charge in [0.2, 0.25) is 9.84 Å². The van der Waals surface area contributed by atoms with Crippen LogP contribution in [0.4, 0.5) is 0 Å². The van der Waals surface area contributed by atoms with E-state index in [0.717, 1.165) is 4.88 Å². The van der Waals surface area contributed by atoms with E-state index in [2.05, 4.69) is 0 Å². The molecule has 3 nitrogen and oxygen atoms in total. The van der Waals surface area contributed by atoms with E-state index in [1.165, 1.54) is 35.6 Å². The standard InChI is InChI=1S/C11H10O3S2/c1-8-5-6-11(15-8)16(13,14)10-4-2-3-9(12)7-10/h2-7,12H,1H3. The first kappa shape index (κ1) is 11.2. The normalized spacial score (nSPS) is 11.6. The molecule has 1 heterocycles. The van der Waals surface area contributed by atoms with Crippen molar-refractivity contribution in [2.75, 3.05) is 0 Å². The first-order valence-corrected chi connectivity index (χ1v) is 6.91. The summed E-state index contributed by atoms with van der Waals surface area (Å²) in [6.07, 6.45) is 0. The molecule has 0 saturated heterocycles. The van der Waals surface area contributed by atoms with Gasteiger partial charge in [0.05, 0.1) is 4.90 Å². The summed E-state index contributed by atoms with van der Waals surface area (Å²) in [4.78, 5) is 1.06. The summed E-state index contributed by atoms with van der Waals surface area (Å²) in [5.74, 6) is -0.0469. The predicted molar refractivity (Wildman–Crippen MR) is 62.6 cm³/mol. The molecule has 0 amide bonds. The number of sulfone groups is 1. The maximum atomic E-state index is 12.1. The second kappa shape index (κ2) is 3.92. The lowest BCUT2D eigenvalue weighted by atomic mass is 10.3. The fourth-order valence-corrected chi connectivity index (χ4v) is 4.05. The lowest BCUT2D eigenvalue weighted by Gasteiger charge is -2.01. The molecule has 0 aliphatic carbocycles. The van der Waals surface area contributed by atoms with E-state index < -0.39 is 9.84 Å². The monoisotopic (exact) mass is 254 g/mol. The fourth-order valence-electron chi connectivity index (χ4n) is 1.32. The van der Waals surface area contributed by atoms with E-state index in [-0.39, 0.29) is 10.6 Å². The van der Waals surface area contributed by atoms with Gasteiger partial charge in [0.25, 0.3) is 0 Å². The van der Waals surface area contributed by atoms with Gasteiger partial charge in [-0.05, 0) is 37.3 Å². The van der Waals surface area contributed by atoms with Crippen molar-refractivity contribution in [3.63, 3.8) is 0 Å². The second-order valence-corrected chi connectivity index (χ2v) is 6.83. The Kier molecular flexibility index (Phi) is 2.73. The molecule has 0 fully saturated rings. The van der Waals surface area contributed by atoms with Gasteiger partial charge in [0.1, 0.15) is 9.96 Å². The Bertz CT molecular complexity index is 612. The molecule has 5 heteroatoms. The van der Waals surface area contributed by atoms with Gasteiger partial charge < -0.3 is 5.11 Å². The summed E-state index contributed by atoms with van der Waals surface area (Å²) in [6.45, 7) is 1.85. The highest BCUT2D eigenvalue weighted by Crippen LogP contribution is 2.28. The van der Waals surface area contributed by atoms with Crippen LogP contribution in [-0.2, 0) is 9.84 Å². The van der Waals surface area contributed by atoms with Crippen molar-refractivity contribution >= 4 is 21.2 Å². The van der Waals surface area contributed by atoms with Gasteiger partial charge in [-0.25, -0.2) is 8.42 Å². The van der Waals surface area contributed by atoms with Crippen LogP contribution in [-0.4, -0.2) is 13.5 Å². The molecule has 2 rings (SSSR count). The molecule has 1 N–H and O–H groups in total. The van der Waals surface area contributed by atoms with Crippen LogP contribution in [0.3, 0.4) is 0 Å². The molecule has 84 valence electrons. The highest BCUT2D eigenvalue weighted by Gasteiger charge is 2.19. The smallest absolute Gasteiger partial charge is 0.216 e. The average Bonchev–Trinajstić information content (AvgIpc) is 2.65. The number of aryl methyl sites for hydroxylation is 1. The molecule has 0 unspecified atom stereocenters. The number of benzene rings is 1. The minimum atomic E-state index is -3.48. The Balaban J connectivity index is 2.55. The highest BCUT2D eigenvalue weighted by atomic mass is 32.2. The van der Waals surface area contributed by atoms with E-state index >= 15 is 0 Å². The molecular weight excluding hydrogens is 244 g/mol. The lowest BCUT2D eigenvalue weighted by molar-refractivity contribution is 0.473. The first-order valence-electron chi connectivity index (χ1n) is 4.61. The van der Waals surface area contributed by atoms with Crippen molar-refractivity contribution in [1.29, 1.82) is 0 Å². The Morgan fingerprint density at radius 2 is 1.94 bits per heavy atom. The SMILES string of the molecule is Cc1ccc(S(=O)(=O)c2cccc(O)c2)s1. The molecule has 0 aliphatic rings. The molecule has 0 radical (unpaired) electrons. The van der Waals surface area contributed by atoms with Gasteiger partial charge in [-0.15, -0.1) is 11.3 Å². The van der Waals surface area contributed by atoms with Crippen molar-refractivity contribution in [2.45, 2.75) is 16.0 Å². The number of thiophene rings is 1. The lowest BCUT2D eigenvalue weighted by Crippen LogP contribution is -1.98. The van der Waals surface area contributed by atoms with Gasteiger partial charge >= 0.3 is 0 Å². The number of rotatable bonds is 2. The summed E-state index contributed by atoms with van der Waals surface area (Å²) in [5, 5.41) is 9.27. The van der Waals surface area contributed by atoms with E-state index in [1.54, 1.807) is 12.1 Å². The zero-order valence-electron chi connectivity index (χ0n) is 8.54. The van der Waals surface area contributed by atoms with E-state index in [1.807, 2.05) is 6.92 Å². The summed E-state index contributed by atoms with van der Waals surface area (Å²) in [7, 11) is -3.48. The van der Waals surface area contributed by atoms with Crippen molar-refractivity contribution < 1.29 is 13.5 Å². The van der Waals surface area contributed by atoms with E-state index in [4.69, 9.17) is 0 Å². The summed E-state index contributed by atoms with van der Waals surface area (Å²) >= 11 is 1.23. The molecule has 0 saturated carbocycles. The number of hydrogen-bond acceptors (Lipinski definition) is 4. The molecule has 0 spiro atoms. The average molecular weight is 254 g/mol. The van der Waals surface area contributed by atoms with Gasteiger partial charge in [-0.2, -0.15) is 0 Å². The topological polar surface area (TPSA) is 54.4 Å². The number of hydrogen-bond donors (Lipinski definition) is 1. The van der Waals surface area contributed by atoms with Crippen LogP contribution in [0.1, 0.15) is 4.88 Å². The molecule has 0 atom stereocenters. The Morgan fingerprint density at radius 3 is 2.50 bits per heavy atom. The summed E-state index contributed by atoms with van der Waals surface area (Å²) < 4.78 is 24.5. The van der Waals surface area contributed by atoms with Gasteiger partial charge in [-0.3, -0.25) is 0 Å². The van der Waals surface area contributed by atoms with Gasteiger partial charge in [-0.1, -0.05) is 6.07 Å².